The van der Waals surface area contributed by atoms with E-state index in [0.29, 0.717) is 0 Å². The second-order valence-corrected chi connectivity index (χ2v) is 2.77. The molecule has 2 rings (SSSR count). The van der Waals surface area contributed by atoms with Gasteiger partial charge in [-0.15, -0.1) is 11.3 Å². The third-order valence-corrected chi connectivity index (χ3v) is 2.16. The Balaban J connectivity index is 2.53. The molecule has 0 unspecified atom stereocenters. The number of rotatable bonds is 0. The summed E-state index contributed by atoms with van der Waals surface area (Å²) in [6.07, 6.45) is 4.29. The molecule has 0 bridgehead atoms. The minimum Gasteiger partial charge on any atom is -0.380 e. The van der Waals surface area contributed by atoms with Crippen molar-refractivity contribution >= 4 is 23.1 Å². The molecular weight excluding hydrogens is 130 g/mol. The molecule has 0 saturated heterocycles. The molecule has 1 nitrogen and oxygen atoms in total. The SMILES string of the molecule is C1=Cc2cscc2NC1. The van der Waals surface area contributed by atoms with Crippen LogP contribution in [-0.4, -0.2) is 6.54 Å². The summed E-state index contributed by atoms with van der Waals surface area (Å²) in [6.45, 7) is 0.976. The molecule has 0 atom stereocenters. The minimum atomic E-state index is 0.976. The van der Waals surface area contributed by atoms with Crippen LogP contribution in [0.15, 0.2) is 16.8 Å². The van der Waals surface area contributed by atoms with Crippen LogP contribution in [0.5, 0.6) is 0 Å². The Morgan fingerprint density at radius 3 is 3.33 bits per heavy atom. The predicted molar refractivity (Wildman–Crippen MR) is 41.8 cm³/mol. The van der Waals surface area contributed by atoms with Crippen LogP contribution in [0.2, 0.25) is 0 Å². The average Bonchev–Trinajstić information content (AvgIpc) is 2.33. The molecule has 1 aromatic heterocycles. The third-order valence-electron chi connectivity index (χ3n) is 1.40. The molecule has 1 aliphatic heterocycles. The van der Waals surface area contributed by atoms with Crippen molar-refractivity contribution in [2.45, 2.75) is 0 Å². The molecule has 0 amide bonds. The van der Waals surface area contributed by atoms with Crippen molar-refractivity contribution in [2.75, 3.05) is 11.9 Å². The number of hydrogen-bond acceptors (Lipinski definition) is 2. The van der Waals surface area contributed by atoms with Crippen molar-refractivity contribution < 1.29 is 0 Å². The molecular formula is C7H7NS. The molecule has 2 heterocycles. The largest absolute Gasteiger partial charge is 0.380 e. The van der Waals surface area contributed by atoms with Crippen molar-refractivity contribution in [1.29, 1.82) is 0 Å². The zero-order valence-electron chi connectivity index (χ0n) is 4.92. The summed E-state index contributed by atoms with van der Waals surface area (Å²) in [5.41, 5.74) is 2.61. The lowest BCUT2D eigenvalue weighted by Crippen LogP contribution is -2.01. The van der Waals surface area contributed by atoms with Crippen LogP contribution in [0.3, 0.4) is 0 Å². The van der Waals surface area contributed by atoms with E-state index in [9.17, 15) is 0 Å². The van der Waals surface area contributed by atoms with E-state index in [1.165, 1.54) is 11.3 Å². The smallest absolute Gasteiger partial charge is 0.0524 e. The van der Waals surface area contributed by atoms with Gasteiger partial charge in [0.25, 0.3) is 0 Å². The first-order chi connectivity index (χ1) is 4.47. The van der Waals surface area contributed by atoms with E-state index in [-0.39, 0.29) is 0 Å². The van der Waals surface area contributed by atoms with Crippen LogP contribution in [0, 0.1) is 0 Å². The van der Waals surface area contributed by atoms with Crippen molar-refractivity contribution in [1.82, 2.24) is 0 Å². The first-order valence-electron chi connectivity index (χ1n) is 2.93. The number of thiophene rings is 1. The molecule has 1 aromatic rings. The molecule has 9 heavy (non-hydrogen) atoms. The van der Waals surface area contributed by atoms with Crippen LogP contribution in [0.25, 0.3) is 6.08 Å². The van der Waals surface area contributed by atoms with E-state index in [4.69, 9.17) is 0 Å². The van der Waals surface area contributed by atoms with Gasteiger partial charge in [0.05, 0.1) is 5.69 Å². The van der Waals surface area contributed by atoms with Gasteiger partial charge in [0.1, 0.15) is 0 Å². The summed E-state index contributed by atoms with van der Waals surface area (Å²) in [4.78, 5) is 0. The molecule has 0 spiro atoms. The van der Waals surface area contributed by atoms with E-state index in [2.05, 4.69) is 28.2 Å². The molecule has 0 aliphatic carbocycles. The Morgan fingerprint density at radius 1 is 1.44 bits per heavy atom. The van der Waals surface area contributed by atoms with Crippen molar-refractivity contribution in [2.24, 2.45) is 0 Å². The third kappa shape index (κ3) is 0.754. The maximum Gasteiger partial charge on any atom is 0.0524 e. The standard InChI is InChI=1S/C7H7NS/c1-2-6-4-9-5-7(6)8-3-1/h1-2,4-5,8H,3H2. The molecule has 2 heteroatoms. The number of fused-ring (bicyclic) bond motifs is 1. The second-order valence-electron chi connectivity index (χ2n) is 2.02. The Kier molecular flexibility index (Phi) is 1.06. The lowest BCUT2D eigenvalue weighted by atomic mass is 10.2. The summed E-state index contributed by atoms with van der Waals surface area (Å²) in [6, 6.07) is 0. The lowest BCUT2D eigenvalue weighted by Gasteiger charge is -2.05. The Hall–Kier alpha value is -0.760. The molecule has 0 saturated carbocycles. The molecule has 0 aromatic carbocycles. The van der Waals surface area contributed by atoms with Crippen molar-refractivity contribution in [3.8, 4) is 0 Å². The number of hydrogen-bond donors (Lipinski definition) is 1. The minimum absolute atomic E-state index is 0.976. The predicted octanol–water partition coefficient (Wildman–Crippen LogP) is 2.19. The van der Waals surface area contributed by atoms with Gasteiger partial charge >= 0.3 is 0 Å². The Morgan fingerprint density at radius 2 is 2.44 bits per heavy atom. The molecule has 1 aliphatic rings. The highest BCUT2D eigenvalue weighted by atomic mass is 32.1. The normalized spacial score (nSPS) is 14.7. The quantitative estimate of drug-likeness (QED) is 0.578. The second kappa shape index (κ2) is 1.88. The summed E-state index contributed by atoms with van der Waals surface area (Å²) in [7, 11) is 0. The fourth-order valence-electron chi connectivity index (χ4n) is 0.934. The lowest BCUT2D eigenvalue weighted by molar-refractivity contribution is 1.33. The van der Waals surface area contributed by atoms with Gasteiger partial charge in [0.15, 0.2) is 0 Å². The van der Waals surface area contributed by atoms with E-state index < -0.39 is 0 Å². The Bertz CT molecular complexity index is 237. The fraction of sp³-hybridized carbons (Fsp3) is 0.143. The van der Waals surface area contributed by atoms with Gasteiger partial charge in [-0.1, -0.05) is 12.2 Å². The fourth-order valence-corrected chi connectivity index (χ4v) is 1.71. The summed E-state index contributed by atoms with van der Waals surface area (Å²) < 4.78 is 0. The highest BCUT2D eigenvalue weighted by Gasteiger charge is 2.01. The van der Waals surface area contributed by atoms with Crippen molar-refractivity contribution in [3.05, 3.63) is 22.4 Å². The summed E-state index contributed by atoms with van der Waals surface area (Å²) >= 11 is 1.74. The maximum atomic E-state index is 3.27. The van der Waals surface area contributed by atoms with E-state index >= 15 is 0 Å². The van der Waals surface area contributed by atoms with Gasteiger partial charge in [-0.2, -0.15) is 0 Å². The van der Waals surface area contributed by atoms with Crippen molar-refractivity contribution in [3.63, 3.8) is 0 Å². The van der Waals surface area contributed by atoms with Crippen LogP contribution >= 0.6 is 11.3 Å². The number of nitrogens with one attached hydrogen (secondary N) is 1. The average molecular weight is 137 g/mol. The maximum absolute atomic E-state index is 3.27. The highest BCUT2D eigenvalue weighted by Crippen LogP contribution is 2.24. The topological polar surface area (TPSA) is 12.0 Å². The first kappa shape index (κ1) is 5.06. The van der Waals surface area contributed by atoms with Crippen LogP contribution in [-0.2, 0) is 0 Å². The van der Waals surface area contributed by atoms with Gasteiger partial charge in [0, 0.05) is 22.9 Å². The van der Waals surface area contributed by atoms with Crippen LogP contribution in [0.1, 0.15) is 5.56 Å². The summed E-state index contributed by atoms with van der Waals surface area (Å²) in [5, 5.41) is 7.55. The van der Waals surface area contributed by atoms with Gasteiger partial charge in [-0.3, -0.25) is 0 Å². The summed E-state index contributed by atoms with van der Waals surface area (Å²) in [5.74, 6) is 0. The van der Waals surface area contributed by atoms with Crippen LogP contribution < -0.4 is 5.32 Å². The van der Waals surface area contributed by atoms with Gasteiger partial charge < -0.3 is 5.32 Å². The molecule has 1 N–H and O–H groups in total. The first-order valence-corrected chi connectivity index (χ1v) is 3.88. The Labute approximate surface area is 58.0 Å². The van der Waals surface area contributed by atoms with Gasteiger partial charge in [-0.05, 0) is 0 Å². The monoisotopic (exact) mass is 137 g/mol. The van der Waals surface area contributed by atoms with E-state index in [1.807, 2.05) is 0 Å². The zero-order valence-corrected chi connectivity index (χ0v) is 5.74. The van der Waals surface area contributed by atoms with E-state index in [1.54, 1.807) is 11.3 Å². The highest BCUT2D eigenvalue weighted by molar-refractivity contribution is 7.08. The molecule has 0 radical (unpaired) electrons. The molecule has 46 valence electrons. The number of anilines is 1. The van der Waals surface area contributed by atoms with Gasteiger partial charge in [-0.25, -0.2) is 0 Å². The van der Waals surface area contributed by atoms with Crippen LogP contribution in [0.4, 0.5) is 5.69 Å². The molecule has 0 fully saturated rings. The van der Waals surface area contributed by atoms with Gasteiger partial charge in [0.2, 0.25) is 0 Å². The zero-order chi connectivity index (χ0) is 6.10. The van der Waals surface area contributed by atoms with E-state index in [0.717, 1.165) is 6.54 Å².